The third-order valence-corrected chi connectivity index (χ3v) is 4.64. The molecule has 0 aromatic heterocycles. The molecule has 1 nitrogen and oxygen atoms in total. The molecule has 0 spiro atoms. The van der Waals surface area contributed by atoms with Gasteiger partial charge in [-0.2, -0.15) is 0 Å². The lowest BCUT2D eigenvalue weighted by Gasteiger charge is -2.22. The molecule has 1 fully saturated rings. The van der Waals surface area contributed by atoms with Gasteiger partial charge in [-0.25, -0.2) is 4.39 Å². The summed E-state index contributed by atoms with van der Waals surface area (Å²) in [6.45, 7) is 3.15. The average Bonchev–Trinajstić information content (AvgIpc) is 2.93. The van der Waals surface area contributed by atoms with E-state index in [1.54, 1.807) is 12.1 Å². The molecule has 1 aliphatic carbocycles. The van der Waals surface area contributed by atoms with Crippen LogP contribution in [0.5, 0.6) is 0 Å². The Morgan fingerprint density at radius 3 is 2.75 bits per heavy atom. The Kier molecular flexibility index (Phi) is 6.31. The van der Waals surface area contributed by atoms with E-state index < -0.39 is 0 Å². The van der Waals surface area contributed by atoms with Crippen molar-refractivity contribution < 1.29 is 4.39 Å². The van der Waals surface area contributed by atoms with Crippen LogP contribution in [0, 0.1) is 11.7 Å². The van der Waals surface area contributed by atoms with E-state index in [4.69, 9.17) is 11.6 Å². The highest BCUT2D eigenvalue weighted by Gasteiger charge is 2.21. The molecule has 0 amide bonds. The van der Waals surface area contributed by atoms with Crippen LogP contribution in [0.15, 0.2) is 18.2 Å². The topological polar surface area (TPSA) is 12.0 Å². The zero-order valence-electron chi connectivity index (χ0n) is 12.3. The lowest BCUT2D eigenvalue weighted by molar-refractivity contribution is 0.381. The minimum atomic E-state index is -0.174. The van der Waals surface area contributed by atoms with Gasteiger partial charge in [-0.15, -0.1) is 0 Å². The molecule has 0 aliphatic heterocycles. The van der Waals surface area contributed by atoms with E-state index in [9.17, 15) is 4.39 Å². The van der Waals surface area contributed by atoms with Crippen LogP contribution in [0.3, 0.4) is 0 Å². The number of halogens is 2. The quantitative estimate of drug-likeness (QED) is 0.749. The maximum atomic E-state index is 13.9. The summed E-state index contributed by atoms with van der Waals surface area (Å²) in [6.07, 6.45) is 8.31. The first-order valence-corrected chi connectivity index (χ1v) is 8.24. The second kappa shape index (κ2) is 7.99. The van der Waals surface area contributed by atoms with Crippen LogP contribution in [0.1, 0.15) is 51.0 Å². The predicted molar refractivity (Wildman–Crippen MR) is 83.8 cm³/mol. The number of hydrogen-bond acceptors (Lipinski definition) is 1. The zero-order valence-corrected chi connectivity index (χ0v) is 13.1. The molecule has 0 bridgehead atoms. The van der Waals surface area contributed by atoms with Crippen LogP contribution >= 0.6 is 11.6 Å². The maximum Gasteiger partial charge on any atom is 0.127 e. The smallest absolute Gasteiger partial charge is 0.127 e. The van der Waals surface area contributed by atoms with E-state index in [1.807, 2.05) is 0 Å². The molecular formula is C17H25ClFN. The Labute approximate surface area is 126 Å². The Morgan fingerprint density at radius 2 is 2.10 bits per heavy atom. The molecule has 1 aliphatic rings. The van der Waals surface area contributed by atoms with Crippen molar-refractivity contribution in [3.63, 3.8) is 0 Å². The molecule has 2 rings (SSSR count). The van der Waals surface area contributed by atoms with Crippen molar-refractivity contribution in [1.82, 2.24) is 5.32 Å². The molecule has 1 atom stereocenters. The summed E-state index contributed by atoms with van der Waals surface area (Å²) in [5.41, 5.74) is 0.667. The second-order valence-corrected chi connectivity index (χ2v) is 6.35. The molecule has 1 saturated carbocycles. The van der Waals surface area contributed by atoms with Gasteiger partial charge in [0, 0.05) is 16.6 Å². The molecular weight excluding hydrogens is 273 g/mol. The van der Waals surface area contributed by atoms with Crippen molar-refractivity contribution in [3.8, 4) is 0 Å². The Morgan fingerprint density at radius 1 is 1.35 bits per heavy atom. The minimum Gasteiger partial charge on any atom is -0.314 e. The number of rotatable bonds is 7. The Bertz CT molecular complexity index is 395. The van der Waals surface area contributed by atoms with Crippen LogP contribution in [-0.4, -0.2) is 12.6 Å². The standard InChI is InChI=1S/C17H25ClFN/c1-2-10-20-14(11-13-6-3-4-7-13)12-15-16(18)8-5-9-17(15)19/h5,8-9,13-14,20H,2-4,6-7,10-12H2,1H3. The molecule has 0 radical (unpaired) electrons. The Balaban J connectivity index is 2.01. The van der Waals surface area contributed by atoms with E-state index in [0.717, 1.165) is 25.3 Å². The molecule has 3 heteroatoms. The highest BCUT2D eigenvalue weighted by Crippen LogP contribution is 2.30. The van der Waals surface area contributed by atoms with Crippen LogP contribution in [0.25, 0.3) is 0 Å². The summed E-state index contributed by atoms with van der Waals surface area (Å²) >= 11 is 6.16. The average molecular weight is 298 g/mol. The van der Waals surface area contributed by atoms with Crippen molar-refractivity contribution in [2.45, 2.75) is 57.9 Å². The third-order valence-electron chi connectivity index (χ3n) is 4.29. The van der Waals surface area contributed by atoms with Crippen LogP contribution < -0.4 is 5.32 Å². The fourth-order valence-corrected chi connectivity index (χ4v) is 3.45. The maximum absolute atomic E-state index is 13.9. The first-order valence-electron chi connectivity index (χ1n) is 7.87. The van der Waals surface area contributed by atoms with Crippen LogP contribution in [-0.2, 0) is 6.42 Å². The molecule has 0 heterocycles. The SMILES string of the molecule is CCCNC(Cc1c(F)cccc1Cl)CC1CCCC1. The number of nitrogens with one attached hydrogen (secondary N) is 1. The molecule has 1 aromatic rings. The van der Waals surface area contributed by atoms with Crippen molar-refractivity contribution in [3.05, 3.63) is 34.6 Å². The number of hydrogen-bond donors (Lipinski definition) is 1. The largest absolute Gasteiger partial charge is 0.314 e. The molecule has 1 aromatic carbocycles. The zero-order chi connectivity index (χ0) is 14.4. The van der Waals surface area contributed by atoms with Crippen LogP contribution in [0.4, 0.5) is 4.39 Å². The molecule has 1 N–H and O–H groups in total. The highest BCUT2D eigenvalue weighted by molar-refractivity contribution is 6.31. The minimum absolute atomic E-state index is 0.174. The predicted octanol–water partition coefficient (Wildman–Crippen LogP) is 4.97. The van der Waals surface area contributed by atoms with E-state index >= 15 is 0 Å². The van der Waals surface area contributed by atoms with Gasteiger partial charge in [0.1, 0.15) is 5.82 Å². The first-order chi connectivity index (χ1) is 9.70. The molecule has 20 heavy (non-hydrogen) atoms. The second-order valence-electron chi connectivity index (χ2n) is 5.94. The van der Waals surface area contributed by atoms with Crippen LogP contribution in [0.2, 0.25) is 5.02 Å². The van der Waals surface area contributed by atoms with E-state index in [-0.39, 0.29) is 5.82 Å². The van der Waals surface area contributed by atoms with E-state index in [0.29, 0.717) is 23.0 Å². The fourth-order valence-electron chi connectivity index (χ4n) is 3.21. The summed E-state index contributed by atoms with van der Waals surface area (Å²) in [6, 6.07) is 5.31. The lowest BCUT2D eigenvalue weighted by atomic mass is 9.93. The van der Waals surface area contributed by atoms with Gasteiger partial charge < -0.3 is 5.32 Å². The summed E-state index contributed by atoms with van der Waals surface area (Å²) in [5.74, 6) is 0.627. The van der Waals surface area contributed by atoms with Crippen molar-refractivity contribution >= 4 is 11.6 Å². The molecule has 1 unspecified atom stereocenters. The Hall–Kier alpha value is -0.600. The lowest BCUT2D eigenvalue weighted by Crippen LogP contribution is -2.33. The van der Waals surface area contributed by atoms with Gasteiger partial charge >= 0.3 is 0 Å². The van der Waals surface area contributed by atoms with Gasteiger partial charge in [0.2, 0.25) is 0 Å². The summed E-state index contributed by atoms with van der Waals surface area (Å²) in [7, 11) is 0. The highest BCUT2D eigenvalue weighted by atomic mass is 35.5. The van der Waals surface area contributed by atoms with Gasteiger partial charge in [-0.05, 0) is 43.9 Å². The van der Waals surface area contributed by atoms with Crippen molar-refractivity contribution in [1.29, 1.82) is 0 Å². The first kappa shape index (κ1) is 15.8. The third kappa shape index (κ3) is 4.46. The van der Waals surface area contributed by atoms with Crippen molar-refractivity contribution in [2.24, 2.45) is 5.92 Å². The summed E-state index contributed by atoms with van der Waals surface area (Å²) in [4.78, 5) is 0. The normalized spacial score (nSPS) is 17.6. The fraction of sp³-hybridized carbons (Fsp3) is 0.647. The summed E-state index contributed by atoms with van der Waals surface area (Å²) in [5, 5.41) is 4.13. The van der Waals surface area contributed by atoms with E-state index in [2.05, 4.69) is 12.2 Å². The van der Waals surface area contributed by atoms with Gasteiger partial charge in [-0.3, -0.25) is 0 Å². The van der Waals surface area contributed by atoms with E-state index in [1.165, 1.54) is 31.7 Å². The van der Waals surface area contributed by atoms with Gasteiger partial charge in [0.15, 0.2) is 0 Å². The summed E-state index contributed by atoms with van der Waals surface area (Å²) < 4.78 is 13.9. The van der Waals surface area contributed by atoms with Crippen molar-refractivity contribution in [2.75, 3.05) is 6.54 Å². The molecule has 0 saturated heterocycles. The number of benzene rings is 1. The van der Waals surface area contributed by atoms with Gasteiger partial charge in [0.05, 0.1) is 0 Å². The van der Waals surface area contributed by atoms with Gasteiger partial charge in [0.25, 0.3) is 0 Å². The molecule has 112 valence electrons. The van der Waals surface area contributed by atoms with Gasteiger partial charge in [-0.1, -0.05) is 50.3 Å². The monoisotopic (exact) mass is 297 g/mol.